The Bertz CT molecular complexity index is 594. The van der Waals surface area contributed by atoms with E-state index < -0.39 is 0 Å². The number of rotatable bonds is 3. The number of benzene rings is 1. The molecule has 1 aromatic carbocycles. The normalized spacial score (nSPS) is 18.8. The third kappa shape index (κ3) is 2.62. The number of para-hydroxylation sites is 1. The lowest BCUT2D eigenvalue weighted by atomic mass is 10.1. The fourth-order valence-corrected chi connectivity index (χ4v) is 3.23. The maximum Gasteiger partial charge on any atom is 0.243 e. The zero-order valence-corrected chi connectivity index (χ0v) is 12.3. The monoisotopic (exact) mass is 286 g/mol. The van der Waals surface area contributed by atoms with E-state index in [2.05, 4.69) is 28.9 Å². The number of fused-ring (bicyclic) bond motifs is 1. The van der Waals surface area contributed by atoms with Gasteiger partial charge in [-0.25, -0.2) is 0 Å². The number of hydrogen-bond donors (Lipinski definition) is 1. The first kappa shape index (κ1) is 13.3. The first-order chi connectivity index (χ1) is 9.75. The van der Waals surface area contributed by atoms with Crippen LogP contribution in [0.5, 0.6) is 0 Å². The van der Waals surface area contributed by atoms with Crippen molar-refractivity contribution in [1.29, 1.82) is 0 Å². The van der Waals surface area contributed by atoms with Crippen molar-refractivity contribution in [2.75, 3.05) is 11.4 Å². The standard InChI is InChI=1S/C16H18N2OS/c1-12-16(19)18(9-8-14-6-4-10-20-14)15-7-3-2-5-13(15)11-17-12/h2-7,10,12,17H,8-9,11H2,1H3. The Morgan fingerprint density at radius 2 is 2.15 bits per heavy atom. The Hall–Kier alpha value is -1.65. The Kier molecular flexibility index (Phi) is 3.85. The molecule has 1 aromatic heterocycles. The van der Waals surface area contributed by atoms with Crippen LogP contribution in [-0.4, -0.2) is 18.5 Å². The zero-order valence-electron chi connectivity index (χ0n) is 11.5. The Morgan fingerprint density at radius 3 is 2.95 bits per heavy atom. The molecule has 4 heteroatoms. The molecular weight excluding hydrogens is 268 g/mol. The van der Waals surface area contributed by atoms with Crippen molar-refractivity contribution >= 4 is 22.9 Å². The minimum absolute atomic E-state index is 0.134. The zero-order chi connectivity index (χ0) is 13.9. The van der Waals surface area contributed by atoms with E-state index in [-0.39, 0.29) is 11.9 Å². The van der Waals surface area contributed by atoms with Crippen LogP contribution in [0.25, 0.3) is 0 Å². The van der Waals surface area contributed by atoms with Crippen LogP contribution in [0.1, 0.15) is 17.4 Å². The number of nitrogens with zero attached hydrogens (tertiary/aromatic N) is 1. The molecule has 1 aliphatic rings. The molecule has 0 spiro atoms. The fourth-order valence-electron chi connectivity index (χ4n) is 2.53. The average Bonchev–Trinajstić information content (AvgIpc) is 2.95. The topological polar surface area (TPSA) is 32.3 Å². The summed E-state index contributed by atoms with van der Waals surface area (Å²) in [6, 6.07) is 12.2. The summed E-state index contributed by atoms with van der Waals surface area (Å²) >= 11 is 1.75. The second-order valence-electron chi connectivity index (χ2n) is 5.05. The lowest BCUT2D eigenvalue weighted by molar-refractivity contribution is -0.120. The van der Waals surface area contributed by atoms with Gasteiger partial charge in [0.1, 0.15) is 0 Å². The highest BCUT2D eigenvalue weighted by Crippen LogP contribution is 2.24. The van der Waals surface area contributed by atoms with Crippen LogP contribution >= 0.6 is 11.3 Å². The highest BCUT2D eigenvalue weighted by atomic mass is 32.1. The lowest BCUT2D eigenvalue weighted by Gasteiger charge is -2.24. The molecule has 1 atom stereocenters. The van der Waals surface area contributed by atoms with Gasteiger partial charge >= 0.3 is 0 Å². The Balaban J connectivity index is 1.86. The summed E-state index contributed by atoms with van der Waals surface area (Å²) in [5.41, 5.74) is 2.24. The predicted octanol–water partition coefficient (Wildman–Crippen LogP) is 2.82. The minimum Gasteiger partial charge on any atom is -0.310 e. The van der Waals surface area contributed by atoms with Crippen molar-refractivity contribution in [3.05, 3.63) is 52.2 Å². The van der Waals surface area contributed by atoms with E-state index >= 15 is 0 Å². The van der Waals surface area contributed by atoms with Gasteiger partial charge in [0, 0.05) is 23.7 Å². The molecule has 0 saturated heterocycles. The number of amides is 1. The second kappa shape index (κ2) is 5.77. The van der Waals surface area contributed by atoms with Crippen LogP contribution in [0.2, 0.25) is 0 Å². The molecule has 104 valence electrons. The summed E-state index contributed by atoms with van der Waals surface area (Å²) < 4.78 is 0. The maximum absolute atomic E-state index is 12.5. The Labute approximate surface area is 123 Å². The molecule has 1 aliphatic heterocycles. The second-order valence-corrected chi connectivity index (χ2v) is 6.08. The van der Waals surface area contributed by atoms with Crippen molar-refractivity contribution in [3.63, 3.8) is 0 Å². The summed E-state index contributed by atoms with van der Waals surface area (Å²) in [4.78, 5) is 15.8. The number of thiophene rings is 1. The van der Waals surface area contributed by atoms with Gasteiger partial charge in [-0.3, -0.25) is 4.79 Å². The van der Waals surface area contributed by atoms with Crippen molar-refractivity contribution in [1.82, 2.24) is 5.32 Å². The summed E-state index contributed by atoms with van der Waals surface area (Å²) in [5, 5.41) is 5.37. The quantitative estimate of drug-likeness (QED) is 0.941. The molecule has 0 saturated carbocycles. The number of anilines is 1. The third-order valence-corrected chi connectivity index (χ3v) is 4.62. The van der Waals surface area contributed by atoms with Crippen LogP contribution in [0.15, 0.2) is 41.8 Å². The summed E-state index contributed by atoms with van der Waals surface area (Å²) in [6.45, 7) is 3.42. The molecule has 2 heterocycles. The highest BCUT2D eigenvalue weighted by Gasteiger charge is 2.26. The van der Waals surface area contributed by atoms with Crippen LogP contribution in [0.4, 0.5) is 5.69 Å². The molecular formula is C16H18N2OS. The van der Waals surface area contributed by atoms with E-state index in [4.69, 9.17) is 0 Å². The first-order valence-electron chi connectivity index (χ1n) is 6.91. The molecule has 1 amide bonds. The first-order valence-corrected chi connectivity index (χ1v) is 7.79. The van der Waals surface area contributed by atoms with E-state index in [0.29, 0.717) is 0 Å². The van der Waals surface area contributed by atoms with Gasteiger partial charge in [0.2, 0.25) is 5.91 Å². The van der Waals surface area contributed by atoms with E-state index in [1.165, 1.54) is 10.4 Å². The molecule has 0 radical (unpaired) electrons. The van der Waals surface area contributed by atoms with Crippen molar-refractivity contribution in [2.45, 2.75) is 25.9 Å². The fraction of sp³-hybridized carbons (Fsp3) is 0.312. The third-order valence-electron chi connectivity index (χ3n) is 3.68. The summed E-state index contributed by atoms with van der Waals surface area (Å²) in [6.07, 6.45) is 0.907. The van der Waals surface area contributed by atoms with Gasteiger partial charge < -0.3 is 10.2 Å². The van der Waals surface area contributed by atoms with Gasteiger partial charge in [-0.05, 0) is 36.4 Å². The maximum atomic E-state index is 12.5. The molecule has 20 heavy (non-hydrogen) atoms. The van der Waals surface area contributed by atoms with E-state index in [1.807, 2.05) is 30.0 Å². The molecule has 2 aromatic rings. The molecule has 1 unspecified atom stereocenters. The van der Waals surface area contributed by atoms with Gasteiger partial charge in [0.25, 0.3) is 0 Å². The van der Waals surface area contributed by atoms with Crippen LogP contribution in [0.3, 0.4) is 0 Å². The van der Waals surface area contributed by atoms with Crippen molar-refractivity contribution in [3.8, 4) is 0 Å². The van der Waals surface area contributed by atoms with E-state index in [0.717, 1.165) is 25.2 Å². The van der Waals surface area contributed by atoms with E-state index in [1.54, 1.807) is 11.3 Å². The molecule has 0 fully saturated rings. The number of hydrogen-bond acceptors (Lipinski definition) is 3. The largest absolute Gasteiger partial charge is 0.310 e. The van der Waals surface area contributed by atoms with Gasteiger partial charge in [-0.15, -0.1) is 11.3 Å². The van der Waals surface area contributed by atoms with Gasteiger partial charge in [0.15, 0.2) is 0 Å². The highest BCUT2D eigenvalue weighted by molar-refractivity contribution is 7.09. The van der Waals surface area contributed by atoms with Gasteiger partial charge in [-0.2, -0.15) is 0 Å². The molecule has 0 aliphatic carbocycles. The van der Waals surface area contributed by atoms with Gasteiger partial charge in [-0.1, -0.05) is 24.3 Å². The smallest absolute Gasteiger partial charge is 0.243 e. The van der Waals surface area contributed by atoms with Gasteiger partial charge in [0.05, 0.1) is 6.04 Å². The molecule has 1 N–H and O–H groups in total. The van der Waals surface area contributed by atoms with Crippen LogP contribution < -0.4 is 10.2 Å². The lowest BCUT2D eigenvalue weighted by Crippen LogP contribution is -2.43. The SMILES string of the molecule is CC1NCc2ccccc2N(CCc2cccs2)C1=O. The minimum atomic E-state index is -0.134. The number of carbonyl (C=O) groups excluding carboxylic acids is 1. The van der Waals surface area contributed by atoms with E-state index in [9.17, 15) is 4.79 Å². The molecule has 0 bridgehead atoms. The van der Waals surface area contributed by atoms with Crippen LogP contribution in [0, 0.1) is 0 Å². The summed E-state index contributed by atoms with van der Waals surface area (Å²) in [5.74, 6) is 0.159. The van der Waals surface area contributed by atoms with Crippen molar-refractivity contribution in [2.24, 2.45) is 0 Å². The average molecular weight is 286 g/mol. The van der Waals surface area contributed by atoms with Crippen molar-refractivity contribution < 1.29 is 4.79 Å². The Morgan fingerprint density at radius 1 is 1.30 bits per heavy atom. The number of carbonyl (C=O) groups is 1. The number of nitrogens with one attached hydrogen (secondary N) is 1. The molecule has 3 rings (SSSR count). The molecule has 3 nitrogen and oxygen atoms in total. The van der Waals surface area contributed by atoms with Crippen LogP contribution in [-0.2, 0) is 17.8 Å². The predicted molar refractivity (Wildman–Crippen MR) is 83.1 cm³/mol. The summed E-state index contributed by atoms with van der Waals surface area (Å²) in [7, 11) is 0.